The van der Waals surface area contributed by atoms with Crippen LogP contribution < -0.4 is 18.9 Å². The Kier molecular flexibility index (Phi) is 4.51. The summed E-state index contributed by atoms with van der Waals surface area (Å²) in [5.41, 5.74) is -0.00308. The molecular formula is C11H12F3Li. The Bertz CT molecular complexity index is 273. The summed E-state index contributed by atoms with van der Waals surface area (Å²) < 4.78 is 36.6. The van der Waals surface area contributed by atoms with Gasteiger partial charge in [0.2, 0.25) is 0 Å². The van der Waals surface area contributed by atoms with Crippen LogP contribution in [0.25, 0.3) is 0 Å². The molecule has 0 N–H and O–H groups in total. The molecule has 0 aliphatic rings. The van der Waals surface area contributed by atoms with Crippen molar-refractivity contribution < 1.29 is 32.0 Å². The molecule has 0 aromatic heterocycles. The fraction of sp³-hybridized carbons (Fsp3) is 0.455. The SMILES string of the molecule is CC(C)(C)c1c[c-]c(C(F)(F)F)cc1.[Li+]. The van der Waals surface area contributed by atoms with Crippen molar-refractivity contribution in [3.05, 3.63) is 35.4 Å². The van der Waals surface area contributed by atoms with Crippen molar-refractivity contribution in [2.24, 2.45) is 0 Å². The van der Waals surface area contributed by atoms with Crippen molar-refractivity contribution in [2.45, 2.75) is 32.4 Å². The van der Waals surface area contributed by atoms with Crippen molar-refractivity contribution in [3.63, 3.8) is 0 Å². The van der Waals surface area contributed by atoms with Crippen LogP contribution in [-0.4, -0.2) is 0 Å². The minimum atomic E-state index is -4.30. The molecule has 0 radical (unpaired) electrons. The summed E-state index contributed by atoms with van der Waals surface area (Å²) in [6.07, 6.45) is -4.30. The van der Waals surface area contributed by atoms with E-state index in [4.69, 9.17) is 0 Å². The first kappa shape index (κ1) is 14.6. The van der Waals surface area contributed by atoms with Gasteiger partial charge < -0.3 is 0 Å². The number of hydrogen-bond donors (Lipinski definition) is 0. The van der Waals surface area contributed by atoms with E-state index >= 15 is 0 Å². The largest absolute Gasteiger partial charge is 1.00 e. The van der Waals surface area contributed by atoms with E-state index < -0.39 is 11.7 Å². The fourth-order valence-electron chi connectivity index (χ4n) is 1.07. The van der Waals surface area contributed by atoms with Gasteiger partial charge in [0.1, 0.15) is 0 Å². The van der Waals surface area contributed by atoms with E-state index in [1.165, 1.54) is 12.1 Å². The van der Waals surface area contributed by atoms with Gasteiger partial charge in [-0.15, -0.1) is 0 Å². The minimum Gasteiger partial charge on any atom is -0.173 e. The standard InChI is InChI=1S/C11H12F3.Li/c1-10(2,3)8-4-6-9(7-5-8)11(12,13)14;/h4-6H,1-3H3;/q-1;+1. The molecule has 1 aromatic carbocycles. The molecule has 15 heavy (non-hydrogen) atoms. The Morgan fingerprint density at radius 2 is 1.60 bits per heavy atom. The van der Waals surface area contributed by atoms with Gasteiger partial charge in [-0.05, 0) is 0 Å². The van der Waals surface area contributed by atoms with E-state index in [0.717, 1.165) is 11.6 Å². The summed E-state index contributed by atoms with van der Waals surface area (Å²) in [5, 5.41) is 0. The van der Waals surface area contributed by atoms with Crippen LogP contribution in [0.5, 0.6) is 0 Å². The molecule has 0 saturated carbocycles. The summed E-state index contributed by atoms with van der Waals surface area (Å²) in [4.78, 5) is 0. The Balaban J connectivity index is 0.00000196. The number of alkyl halides is 3. The molecule has 0 bridgehead atoms. The molecule has 1 rings (SSSR count). The van der Waals surface area contributed by atoms with Crippen LogP contribution in [-0.2, 0) is 11.6 Å². The van der Waals surface area contributed by atoms with Crippen molar-refractivity contribution in [2.75, 3.05) is 0 Å². The maximum atomic E-state index is 12.2. The van der Waals surface area contributed by atoms with Crippen LogP contribution >= 0.6 is 0 Å². The van der Waals surface area contributed by atoms with Crippen molar-refractivity contribution in [3.8, 4) is 0 Å². The molecule has 78 valence electrons. The first-order valence-electron chi connectivity index (χ1n) is 4.30. The molecule has 1 aromatic rings. The second-order valence-corrected chi connectivity index (χ2v) is 4.24. The molecule has 4 heteroatoms. The molecule has 0 spiro atoms. The average Bonchev–Trinajstić information content (AvgIpc) is 2.01. The molecule has 0 heterocycles. The summed E-state index contributed by atoms with van der Waals surface area (Å²) >= 11 is 0. The molecule has 0 aliphatic heterocycles. The van der Waals surface area contributed by atoms with Crippen molar-refractivity contribution in [1.82, 2.24) is 0 Å². The van der Waals surface area contributed by atoms with Crippen LogP contribution in [0.4, 0.5) is 13.2 Å². The van der Waals surface area contributed by atoms with Crippen LogP contribution in [0.2, 0.25) is 0 Å². The summed E-state index contributed by atoms with van der Waals surface area (Å²) in [6.45, 7) is 5.84. The van der Waals surface area contributed by atoms with Crippen molar-refractivity contribution in [1.29, 1.82) is 0 Å². The second kappa shape index (κ2) is 4.63. The monoisotopic (exact) mass is 208 g/mol. The van der Waals surface area contributed by atoms with Gasteiger partial charge in [-0.1, -0.05) is 31.7 Å². The summed E-state index contributed by atoms with van der Waals surface area (Å²) in [5.74, 6) is 0. The molecule has 0 unspecified atom stereocenters. The number of benzene rings is 1. The third kappa shape index (κ3) is 3.93. The van der Waals surface area contributed by atoms with E-state index in [1.54, 1.807) is 0 Å². The zero-order valence-corrected chi connectivity index (χ0v) is 9.37. The fourth-order valence-corrected chi connectivity index (χ4v) is 1.07. The van der Waals surface area contributed by atoms with Crippen molar-refractivity contribution >= 4 is 0 Å². The molecule has 0 saturated heterocycles. The van der Waals surface area contributed by atoms with Gasteiger partial charge in [0.15, 0.2) is 0 Å². The maximum Gasteiger partial charge on any atom is 1.00 e. The van der Waals surface area contributed by atoms with Gasteiger partial charge in [0, 0.05) is 0 Å². The van der Waals surface area contributed by atoms with Gasteiger partial charge >= 0.3 is 25.0 Å². The van der Waals surface area contributed by atoms with Crippen LogP contribution in [0.3, 0.4) is 0 Å². The smallest absolute Gasteiger partial charge is 0.173 e. The topological polar surface area (TPSA) is 0 Å². The average molecular weight is 208 g/mol. The van der Waals surface area contributed by atoms with Crippen LogP contribution in [0.15, 0.2) is 18.2 Å². The van der Waals surface area contributed by atoms with E-state index in [1.807, 2.05) is 20.8 Å². The third-order valence-corrected chi connectivity index (χ3v) is 1.98. The van der Waals surface area contributed by atoms with Gasteiger partial charge in [0.25, 0.3) is 0 Å². The van der Waals surface area contributed by atoms with E-state index in [0.29, 0.717) is 0 Å². The third-order valence-electron chi connectivity index (χ3n) is 1.98. The van der Waals surface area contributed by atoms with Gasteiger partial charge in [-0.2, -0.15) is 43.0 Å². The van der Waals surface area contributed by atoms with Gasteiger partial charge in [0.05, 0.1) is 0 Å². The van der Waals surface area contributed by atoms with Crippen LogP contribution in [0.1, 0.15) is 31.9 Å². The Morgan fingerprint density at radius 3 is 1.87 bits per heavy atom. The maximum absolute atomic E-state index is 12.2. The predicted molar refractivity (Wildman–Crippen MR) is 49.0 cm³/mol. The zero-order chi connectivity index (χ0) is 11.0. The molecular weight excluding hydrogens is 196 g/mol. The summed E-state index contributed by atoms with van der Waals surface area (Å²) in [6, 6.07) is 6.23. The quantitative estimate of drug-likeness (QED) is 0.437. The van der Waals surface area contributed by atoms with Gasteiger partial charge in [-0.3, -0.25) is 0 Å². The Labute approximate surface area is 100 Å². The number of hydrogen-bond acceptors (Lipinski definition) is 0. The molecule has 0 fully saturated rings. The minimum absolute atomic E-state index is 0. The van der Waals surface area contributed by atoms with E-state index in [2.05, 4.69) is 6.07 Å². The number of rotatable bonds is 0. The Morgan fingerprint density at radius 1 is 1.07 bits per heavy atom. The molecule has 0 amide bonds. The second-order valence-electron chi connectivity index (χ2n) is 4.24. The summed E-state index contributed by atoms with van der Waals surface area (Å²) in [7, 11) is 0. The normalized spacial score (nSPS) is 12.1. The Hall–Kier alpha value is -0.393. The van der Waals surface area contributed by atoms with E-state index in [-0.39, 0.29) is 24.3 Å². The van der Waals surface area contributed by atoms with Gasteiger partial charge in [-0.25, -0.2) is 0 Å². The van der Waals surface area contributed by atoms with E-state index in [9.17, 15) is 13.2 Å². The first-order chi connectivity index (χ1) is 6.21. The molecule has 0 aliphatic carbocycles. The first-order valence-corrected chi connectivity index (χ1v) is 4.30. The van der Waals surface area contributed by atoms with Crippen LogP contribution in [0, 0.1) is 6.07 Å². The zero-order valence-electron chi connectivity index (χ0n) is 9.37. The predicted octanol–water partition coefficient (Wildman–Crippen LogP) is 0.807. The number of halogens is 3. The molecule has 0 atom stereocenters. The molecule has 0 nitrogen and oxygen atoms in total.